The predicted molar refractivity (Wildman–Crippen MR) is 90.2 cm³/mol. The van der Waals surface area contributed by atoms with E-state index in [1.165, 1.54) is 18.4 Å². The number of nitrogens with one attached hydrogen (secondary N) is 2. The van der Waals surface area contributed by atoms with E-state index in [4.69, 9.17) is 4.74 Å². The number of halogens is 1. The lowest BCUT2D eigenvalue weighted by atomic mass is 10.3. The Kier molecular flexibility index (Phi) is 7.80. The molecule has 0 spiro atoms. The summed E-state index contributed by atoms with van der Waals surface area (Å²) < 4.78 is 40.7. The van der Waals surface area contributed by atoms with Crippen molar-refractivity contribution < 1.29 is 17.5 Å². The van der Waals surface area contributed by atoms with Crippen LogP contribution in [0.2, 0.25) is 0 Å². The second-order valence-corrected chi connectivity index (χ2v) is 7.53. The Bertz CT molecular complexity index is 620. The summed E-state index contributed by atoms with van der Waals surface area (Å²) in [6.07, 6.45) is 1.72. The van der Waals surface area contributed by atoms with Crippen LogP contribution in [-0.2, 0) is 9.84 Å². The van der Waals surface area contributed by atoms with Crippen LogP contribution >= 0.6 is 0 Å². The summed E-state index contributed by atoms with van der Waals surface area (Å²) in [4.78, 5) is 4.06. The van der Waals surface area contributed by atoms with E-state index in [9.17, 15) is 12.8 Å². The second kappa shape index (κ2) is 9.34. The lowest BCUT2D eigenvalue weighted by molar-refractivity contribution is 0.320. The highest BCUT2D eigenvalue weighted by Gasteiger charge is 2.09. The van der Waals surface area contributed by atoms with Crippen LogP contribution in [0, 0.1) is 5.82 Å². The van der Waals surface area contributed by atoms with Crippen LogP contribution in [0.5, 0.6) is 5.75 Å². The van der Waals surface area contributed by atoms with Crippen molar-refractivity contribution in [3.05, 3.63) is 30.1 Å². The number of aliphatic imine (C=N–C) groups is 1. The van der Waals surface area contributed by atoms with Gasteiger partial charge in [0.1, 0.15) is 28.0 Å². The molecule has 6 nitrogen and oxygen atoms in total. The molecule has 0 saturated carbocycles. The number of rotatable bonds is 8. The zero-order valence-corrected chi connectivity index (χ0v) is 14.5. The van der Waals surface area contributed by atoms with Gasteiger partial charge in [-0.05, 0) is 25.5 Å². The maximum atomic E-state index is 13.0. The van der Waals surface area contributed by atoms with Gasteiger partial charge in [-0.25, -0.2) is 12.8 Å². The number of benzene rings is 1. The molecule has 0 aliphatic carbocycles. The van der Waals surface area contributed by atoms with Crippen molar-refractivity contribution in [1.82, 2.24) is 10.6 Å². The van der Waals surface area contributed by atoms with E-state index < -0.39 is 9.84 Å². The molecule has 0 fully saturated rings. The first-order chi connectivity index (χ1) is 10.8. The molecular weight excluding hydrogens is 321 g/mol. The van der Waals surface area contributed by atoms with E-state index in [2.05, 4.69) is 15.6 Å². The van der Waals surface area contributed by atoms with E-state index in [0.29, 0.717) is 31.3 Å². The van der Waals surface area contributed by atoms with Crippen LogP contribution in [0.25, 0.3) is 0 Å². The molecule has 1 rings (SSSR count). The van der Waals surface area contributed by atoms with Gasteiger partial charge in [0.05, 0.1) is 12.3 Å². The quantitative estimate of drug-likeness (QED) is 0.420. The number of hydrogen-bond donors (Lipinski definition) is 2. The molecule has 1 atom stereocenters. The van der Waals surface area contributed by atoms with E-state index >= 15 is 0 Å². The third-order valence-corrected chi connectivity index (χ3v) is 3.96. The largest absolute Gasteiger partial charge is 0.492 e. The van der Waals surface area contributed by atoms with Gasteiger partial charge in [-0.2, -0.15) is 0 Å². The highest BCUT2D eigenvalue weighted by Crippen LogP contribution is 2.11. The minimum absolute atomic E-state index is 0.0277. The molecule has 1 aromatic rings. The standard InChI is InChI=1S/C15H24FN3O3S/c1-12(7-10-23(3,20)21)19-15(17-2)18-8-9-22-14-6-4-5-13(16)11-14/h4-6,11-12H,7-10H2,1-3H3,(H2,17,18,19). The van der Waals surface area contributed by atoms with Gasteiger partial charge in [-0.15, -0.1) is 0 Å². The van der Waals surface area contributed by atoms with Gasteiger partial charge >= 0.3 is 0 Å². The van der Waals surface area contributed by atoms with Crippen LogP contribution in [0.4, 0.5) is 4.39 Å². The fourth-order valence-corrected chi connectivity index (χ4v) is 2.57. The number of ether oxygens (including phenoxy) is 1. The Balaban J connectivity index is 2.28. The molecule has 0 amide bonds. The SMILES string of the molecule is CN=C(NCCOc1cccc(F)c1)NC(C)CCS(C)(=O)=O. The molecule has 1 unspecified atom stereocenters. The van der Waals surface area contributed by atoms with Gasteiger partial charge in [0.2, 0.25) is 0 Å². The van der Waals surface area contributed by atoms with Crippen molar-refractivity contribution in [2.45, 2.75) is 19.4 Å². The topological polar surface area (TPSA) is 79.8 Å². The Morgan fingerprint density at radius 3 is 2.78 bits per heavy atom. The van der Waals surface area contributed by atoms with Gasteiger partial charge < -0.3 is 15.4 Å². The average molecular weight is 345 g/mol. The number of guanidine groups is 1. The van der Waals surface area contributed by atoms with Crippen LogP contribution in [0.3, 0.4) is 0 Å². The Morgan fingerprint density at radius 2 is 2.17 bits per heavy atom. The third-order valence-electron chi connectivity index (χ3n) is 2.99. The van der Waals surface area contributed by atoms with Crippen molar-refractivity contribution >= 4 is 15.8 Å². The maximum Gasteiger partial charge on any atom is 0.191 e. The molecule has 0 aromatic heterocycles. The minimum atomic E-state index is -2.97. The van der Waals surface area contributed by atoms with Crippen LogP contribution < -0.4 is 15.4 Å². The maximum absolute atomic E-state index is 13.0. The van der Waals surface area contributed by atoms with Crippen molar-refractivity contribution in [3.63, 3.8) is 0 Å². The molecule has 0 aliphatic rings. The van der Waals surface area contributed by atoms with Crippen LogP contribution in [0.15, 0.2) is 29.3 Å². The third kappa shape index (κ3) is 9.02. The first kappa shape index (κ1) is 19.2. The first-order valence-corrected chi connectivity index (χ1v) is 9.39. The van der Waals surface area contributed by atoms with Gasteiger partial charge in [0, 0.05) is 25.4 Å². The van der Waals surface area contributed by atoms with Crippen molar-refractivity contribution in [2.75, 3.05) is 32.2 Å². The Hall–Kier alpha value is -1.83. The van der Waals surface area contributed by atoms with Crippen molar-refractivity contribution in [3.8, 4) is 5.75 Å². The molecule has 0 bridgehead atoms. The summed E-state index contributed by atoms with van der Waals surface area (Å²) in [7, 11) is -1.34. The molecule has 1 aromatic carbocycles. The summed E-state index contributed by atoms with van der Waals surface area (Å²) >= 11 is 0. The zero-order chi connectivity index (χ0) is 17.3. The van der Waals surface area contributed by atoms with E-state index in [-0.39, 0.29) is 17.6 Å². The monoisotopic (exact) mass is 345 g/mol. The minimum Gasteiger partial charge on any atom is -0.492 e. The zero-order valence-electron chi connectivity index (χ0n) is 13.7. The van der Waals surface area contributed by atoms with Gasteiger partial charge in [0.25, 0.3) is 0 Å². The molecular formula is C15H24FN3O3S. The first-order valence-electron chi connectivity index (χ1n) is 7.33. The van der Waals surface area contributed by atoms with Crippen molar-refractivity contribution in [1.29, 1.82) is 0 Å². The second-order valence-electron chi connectivity index (χ2n) is 5.27. The fraction of sp³-hybridized carbons (Fsp3) is 0.533. The molecule has 0 saturated heterocycles. The van der Waals surface area contributed by atoms with Gasteiger partial charge in [-0.3, -0.25) is 4.99 Å². The Labute approximate surface area is 137 Å². The molecule has 0 radical (unpaired) electrons. The number of hydrogen-bond acceptors (Lipinski definition) is 4. The highest BCUT2D eigenvalue weighted by atomic mass is 32.2. The van der Waals surface area contributed by atoms with Crippen LogP contribution in [0.1, 0.15) is 13.3 Å². The Morgan fingerprint density at radius 1 is 1.43 bits per heavy atom. The summed E-state index contributed by atoms with van der Waals surface area (Å²) in [6, 6.07) is 5.92. The fourth-order valence-electron chi connectivity index (χ4n) is 1.79. The molecule has 23 heavy (non-hydrogen) atoms. The lowest BCUT2D eigenvalue weighted by Gasteiger charge is -2.17. The van der Waals surface area contributed by atoms with Crippen LogP contribution in [-0.4, -0.2) is 52.6 Å². The average Bonchev–Trinajstić information content (AvgIpc) is 2.47. The highest BCUT2D eigenvalue weighted by molar-refractivity contribution is 7.90. The molecule has 8 heteroatoms. The van der Waals surface area contributed by atoms with Crippen molar-refractivity contribution in [2.24, 2.45) is 4.99 Å². The molecule has 0 heterocycles. The number of nitrogens with zero attached hydrogens (tertiary/aromatic N) is 1. The van der Waals surface area contributed by atoms with Gasteiger partial charge in [-0.1, -0.05) is 6.07 Å². The summed E-state index contributed by atoms with van der Waals surface area (Å²) in [5.74, 6) is 0.818. The summed E-state index contributed by atoms with van der Waals surface area (Å²) in [5.41, 5.74) is 0. The van der Waals surface area contributed by atoms with Gasteiger partial charge in [0.15, 0.2) is 5.96 Å². The van der Waals surface area contributed by atoms with E-state index in [1.807, 2.05) is 6.92 Å². The van der Waals surface area contributed by atoms with E-state index in [1.54, 1.807) is 19.2 Å². The molecule has 2 N–H and O–H groups in total. The summed E-state index contributed by atoms with van der Waals surface area (Å²) in [6.45, 7) is 2.72. The molecule has 0 aliphatic heterocycles. The predicted octanol–water partition coefficient (Wildman–Crippen LogP) is 1.19. The summed E-state index contributed by atoms with van der Waals surface area (Å²) in [5, 5.41) is 6.16. The molecule has 130 valence electrons. The lowest BCUT2D eigenvalue weighted by Crippen LogP contribution is -2.44. The van der Waals surface area contributed by atoms with E-state index in [0.717, 1.165) is 0 Å². The number of sulfone groups is 1. The smallest absolute Gasteiger partial charge is 0.191 e. The normalized spacial score (nSPS) is 13.5.